The molecule has 0 saturated carbocycles. The van der Waals surface area contributed by atoms with Crippen LogP contribution in [0.15, 0.2) is 29.2 Å². The van der Waals surface area contributed by atoms with Crippen molar-refractivity contribution in [3.63, 3.8) is 0 Å². The molecule has 1 aromatic carbocycles. The second-order valence-corrected chi connectivity index (χ2v) is 4.20. The minimum atomic E-state index is 0.725. The maximum Gasteiger partial charge on any atom is 0.138 e. The molecule has 64 valence electrons. The van der Waals surface area contributed by atoms with Crippen molar-refractivity contribution in [1.82, 2.24) is 5.32 Å². The summed E-state index contributed by atoms with van der Waals surface area (Å²) in [5, 5.41) is 3.61. The standard InChI is InChI=1S/C8H8ClNS2/c1-10-8(11)12-7-5-3-2-4-6(7)9/h2-5H,1H3,(H,10,11). The minimum absolute atomic E-state index is 0.725. The summed E-state index contributed by atoms with van der Waals surface area (Å²) in [4.78, 5) is 0.985. The van der Waals surface area contributed by atoms with Gasteiger partial charge in [0.25, 0.3) is 0 Å². The lowest BCUT2D eigenvalue weighted by Crippen LogP contribution is -2.10. The SMILES string of the molecule is CNC(=S)Sc1ccccc1Cl. The zero-order chi connectivity index (χ0) is 8.97. The van der Waals surface area contributed by atoms with Crippen molar-refractivity contribution in [2.24, 2.45) is 0 Å². The summed E-state index contributed by atoms with van der Waals surface area (Å²) in [7, 11) is 1.80. The Morgan fingerprint density at radius 2 is 2.17 bits per heavy atom. The van der Waals surface area contributed by atoms with Crippen molar-refractivity contribution in [2.75, 3.05) is 7.05 Å². The van der Waals surface area contributed by atoms with Crippen LogP contribution < -0.4 is 5.32 Å². The van der Waals surface area contributed by atoms with E-state index < -0.39 is 0 Å². The van der Waals surface area contributed by atoms with Crippen LogP contribution in [0.25, 0.3) is 0 Å². The number of nitrogens with one attached hydrogen (secondary N) is 1. The Labute approximate surface area is 86.5 Å². The molecular formula is C8H8ClNS2. The number of thioether (sulfide) groups is 1. The molecule has 0 aliphatic heterocycles. The van der Waals surface area contributed by atoms with Crippen LogP contribution in [0.3, 0.4) is 0 Å². The van der Waals surface area contributed by atoms with E-state index in [9.17, 15) is 0 Å². The Morgan fingerprint density at radius 3 is 2.75 bits per heavy atom. The summed E-state index contributed by atoms with van der Waals surface area (Å²) in [5.41, 5.74) is 0. The predicted molar refractivity (Wildman–Crippen MR) is 59.0 cm³/mol. The van der Waals surface area contributed by atoms with Gasteiger partial charge in [-0.15, -0.1) is 0 Å². The van der Waals surface area contributed by atoms with E-state index in [1.807, 2.05) is 24.3 Å². The average Bonchev–Trinajstić information content (AvgIpc) is 2.09. The van der Waals surface area contributed by atoms with E-state index in [4.69, 9.17) is 23.8 Å². The molecule has 12 heavy (non-hydrogen) atoms. The molecule has 0 atom stereocenters. The monoisotopic (exact) mass is 217 g/mol. The van der Waals surface area contributed by atoms with E-state index in [1.54, 1.807) is 7.05 Å². The molecule has 0 saturated heterocycles. The van der Waals surface area contributed by atoms with Crippen LogP contribution in [0, 0.1) is 0 Å². The van der Waals surface area contributed by atoms with E-state index >= 15 is 0 Å². The largest absolute Gasteiger partial charge is 0.374 e. The van der Waals surface area contributed by atoms with Crippen molar-refractivity contribution in [3.8, 4) is 0 Å². The zero-order valence-electron chi connectivity index (χ0n) is 6.50. The zero-order valence-corrected chi connectivity index (χ0v) is 8.89. The summed E-state index contributed by atoms with van der Waals surface area (Å²) in [6.07, 6.45) is 0. The van der Waals surface area contributed by atoms with Gasteiger partial charge in [-0.3, -0.25) is 0 Å². The van der Waals surface area contributed by atoms with E-state index in [0.29, 0.717) is 0 Å². The van der Waals surface area contributed by atoms with Gasteiger partial charge in [0.2, 0.25) is 0 Å². The molecule has 1 nitrogen and oxygen atoms in total. The number of hydrogen-bond donors (Lipinski definition) is 1. The lowest BCUT2D eigenvalue weighted by molar-refractivity contribution is 1.23. The van der Waals surface area contributed by atoms with E-state index in [-0.39, 0.29) is 0 Å². The van der Waals surface area contributed by atoms with Crippen LogP contribution in [0.4, 0.5) is 0 Å². The van der Waals surface area contributed by atoms with E-state index in [0.717, 1.165) is 14.2 Å². The van der Waals surface area contributed by atoms with Gasteiger partial charge in [0.05, 0.1) is 5.02 Å². The molecule has 0 aromatic heterocycles. The molecule has 0 aliphatic rings. The fourth-order valence-corrected chi connectivity index (χ4v) is 1.81. The van der Waals surface area contributed by atoms with Gasteiger partial charge in [-0.1, -0.05) is 47.7 Å². The Bertz CT molecular complexity index is 288. The maximum absolute atomic E-state index is 5.92. The van der Waals surface area contributed by atoms with Gasteiger partial charge in [-0.05, 0) is 12.1 Å². The molecule has 0 amide bonds. The van der Waals surface area contributed by atoms with Crippen molar-refractivity contribution >= 4 is 39.9 Å². The topological polar surface area (TPSA) is 12.0 Å². The van der Waals surface area contributed by atoms with Crippen molar-refractivity contribution < 1.29 is 0 Å². The van der Waals surface area contributed by atoms with Crippen LogP contribution in [0.1, 0.15) is 0 Å². The van der Waals surface area contributed by atoms with E-state index in [1.165, 1.54) is 11.8 Å². The quantitative estimate of drug-likeness (QED) is 0.574. The number of halogens is 1. The molecule has 4 heteroatoms. The summed E-state index contributed by atoms with van der Waals surface area (Å²) in [5.74, 6) is 0. The first-order valence-corrected chi connectivity index (χ1v) is 4.98. The second-order valence-electron chi connectivity index (χ2n) is 2.07. The molecule has 0 aliphatic carbocycles. The van der Waals surface area contributed by atoms with Crippen LogP contribution in [-0.4, -0.2) is 11.4 Å². The molecule has 0 unspecified atom stereocenters. The first-order valence-electron chi connectivity index (χ1n) is 3.38. The number of hydrogen-bond acceptors (Lipinski definition) is 2. The van der Waals surface area contributed by atoms with Crippen LogP contribution in [0.5, 0.6) is 0 Å². The molecule has 0 spiro atoms. The molecule has 1 N–H and O–H groups in total. The first-order chi connectivity index (χ1) is 5.74. The van der Waals surface area contributed by atoms with Gasteiger partial charge in [0, 0.05) is 11.9 Å². The third kappa shape index (κ3) is 2.66. The van der Waals surface area contributed by atoms with E-state index in [2.05, 4.69) is 5.32 Å². The second kappa shape index (κ2) is 4.70. The Kier molecular flexibility index (Phi) is 3.85. The normalized spacial score (nSPS) is 9.50. The van der Waals surface area contributed by atoms with Gasteiger partial charge >= 0.3 is 0 Å². The molecule has 1 aromatic rings. The number of thiocarbonyl (C=S) groups is 1. The van der Waals surface area contributed by atoms with Crippen molar-refractivity contribution in [1.29, 1.82) is 0 Å². The van der Waals surface area contributed by atoms with Gasteiger partial charge in [0.1, 0.15) is 4.32 Å². The molecule has 1 rings (SSSR count). The lowest BCUT2D eigenvalue weighted by Gasteiger charge is -2.03. The van der Waals surface area contributed by atoms with Crippen molar-refractivity contribution in [2.45, 2.75) is 4.90 Å². The smallest absolute Gasteiger partial charge is 0.138 e. The molecule has 0 bridgehead atoms. The average molecular weight is 218 g/mol. The highest BCUT2D eigenvalue weighted by Gasteiger charge is 2.01. The van der Waals surface area contributed by atoms with Crippen LogP contribution in [0.2, 0.25) is 5.02 Å². The van der Waals surface area contributed by atoms with Crippen LogP contribution in [-0.2, 0) is 0 Å². The Morgan fingerprint density at radius 1 is 1.50 bits per heavy atom. The Balaban J connectivity index is 2.75. The summed E-state index contributed by atoms with van der Waals surface area (Å²) in [6, 6.07) is 7.63. The maximum atomic E-state index is 5.92. The third-order valence-corrected chi connectivity index (χ3v) is 3.10. The van der Waals surface area contributed by atoms with Crippen LogP contribution >= 0.6 is 35.6 Å². The molecule has 0 fully saturated rings. The molecular weight excluding hydrogens is 210 g/mol. The van der Waals surface area contributed by atoms with Gasteiger partial charge in [0.15, 0.2) is 0 Å². The fourth-order valence-electron chi connectivity index (χ4n) is 0.678. The predicted octanol–water partition coefficient (Wildman–Crippen LogP) is 2.94. The molecule has 0 radical (unpaired) electrons. The number of rotatable bonds is 1. The lowest BCUT2D eigenvalue weighted by atomic mass is 10.4. The summed E-state index contributed by atoms with van der Waals surface area (Å²) >= 11 is 12.4. The first kappa shape index (κ1) is 9.84. The van der Waals surface area contributed by atoms with Gasteiger partial charge in [-0.2, -0.15) is 0 Å². The highest BCUT2D eigenvalue weighted by atomic mass is 35.5. The van der Waals surface area contributed by atoms with Crippen molar-refractivity contribution in [3.05, 3.63) is 29.3 Å². The number of benzene rings is 1. The highest BCUT2D eigenvalue weighted by Crippen LogP contribution is 2.26. The minimum Gasteiger partial charge on any atom is -0.374 e. The third-order valence-electron chi connectivity index (χ3n) is 1.24. The fraction of sp³-hybridized carbons (Fsp3) is 0.125. The summed E-state index contributed by atoms with van der Waals surface area (Å²) in [6.45, 7) is 0. The molecule has 0 heterocycles. The van der Waals surface area contributed by atoms with Gasteiger partial charge in [-0.25, -0.2) is 0 Å². The highest BCUT2D eigenvalue weighted by molar-refractivity contribution is 8.23. The summed E-state index contributed by atoms with van der Waals surface area (Å²) < 4.78 is 0.725. The van der Waals surface area contributed by atoms with Gasteiger partial charge < -0.3 is 5.32 Å². The Hall–Kier alpha value is -0.250.